The highest BCUT2D eigenvalue weighted by atomic mass is 32.1. The van der Waals surface area contributed by atoms with Crippen molar-refractivity contribution in [3.05, 3.63) is 60.2 Å². The molecule has 7 nitrogen and oxygen atoms in total. The Morgan fingerprint density at radius 3 is 2.50 bits per heavy atom. The van der Waals surface area contributed by atoms with Gasteiger partial charge in [-0.05, 0) is 55.6 Å². The van der Waals surface area contributed by atoms with Crippen LogP contribution in [0.3, 0.4) is 0 Å². The molecule has 0 aromatic heterocycles. The van der Waals surface area contributed by atoms with E-state index in [0.717, 1.165) is 11.3 Å². The minimum absolute atomic E-state index is 0.0396. The zero-order valence-corrected chi connectivity index (χ0v) is 16.5. The summed E-state index contributed by atoms with van der Waals surface area (Å²) in [6, 6.07) is 16.6. The largest absolute Gasteiger partial charge is 0.331 e. The topological polar surface area (TPSA) is 85.8 Å². The van der Waals surface area contributed by atoms with E-state index in [0.29, 0.717) is 5.69 Å². The van der Waals surface area contributed by atoms with Crippen LogP contribution in [0.5, 0.6) is 0 Å². The van der Waals surface area contributed by atoms with Crippen LogP contribution in [0.1, 0.15) is 5.56 Å². The van der Waals surface area contributed by atoms with Crippen LogP contribution in [-0.4, -0.2) is 28.3 Å². The van der Waals surface area contributed by atoms with E-state index in [9.17, 15) is 9.59 Å². The lowest BCUT2D eigenvalue weighted by atomic mass is 10.1. The van der Waals surface area contributed by atoms with Crippen molar-refractivity contribution < 1.29 is 9.59 Å². The van der Waals surface area contributed by atoms with Gasteiger partial charge in [0.05, 0.1) is 5.69 Å². The normalized spacial score (nSPS) is 16.8. The van der Waals surface area contributed by atoms with Crippen molar-refractivity contribution in [2.45, 2.75) is 6.92 Å². The van der Waals surface area contributed by atoms with Gasteiger partial charge in [0.25, 0.3) is 5.91 Å². The van der Waals surface area contributed by atoms with Gasteiger partial charge < -0.3 is 10.6 Å². The second-order valence-electron chi connectivity index (χ2n) is 5.99. The number of anilines is 2. The Morgan fingerprint density at radius 2 is 1.82 bits per heavy atom. The highest BCUT2D eigenvalue weighted by Crippen LogP contribution is 2.20. The van der Waals surface area contributed by atoms with Crippen LogP contribution in [0.25, 0.3) is 0 Å². The SMILES string of the molecule is Cc1ccc(N2C(=O)[C@H](/C=N\NC(=S)Nc3ccccc3)C(=O)NC2=S)cc1. The molecule has 0 bridgehead atoms. The van der Waals surface area contributed by atoms with Crippen LogP contribution in [0.2, 0.25) is 0 Å². The first kappa shape index (κ1) is 19.6. The molecule has 0 saturated carbocycles. The Kier molecular flexibility index (Phi) is 6.07. The molecular weight excluding hydrogens is 394 g/mol. The summed E-state index contributed by atoms with van der Waals surface area (Å²) in [7, 11) is 0. The zero-order chi connectivity index (χ0) is 20.1. The van der Waals surface area contributed by atoms with E-state index in [-0.39, 0.29) is 10.2 Å². The molecule has 0 aliphatic carbocycles. The van der Waals surface area contributed by atoms with E-state index < -0.39 is 17.7 Å². The summed E-state index contributed by atoms with van der Waals surface area (Å²) in [5.74, 6) is -2.14. The molecule has 3 N–H and O–H groups in total. The zero-order valence-electron chi connectivity index (χ0n) is 14.9. The average Bonchev–Trinajstić information content (AvgIpc) is 2.66. The highest BCUT2D eigenvalue weighted by Gasteiger charge is 2.38. The molecule has 1 aliphatic heterocycles. The van der Waals surface area contributed by atoms with Crippen molar-refractivity contribution in [1.29, 1.82) is 0 Å². The quantitative estimate of drug-likeness (QED) is 0.310. The standard InChI is InChI=1S/C19H17N5O2S2/c1-12-7-9-14(10-8-12)24-17(26)15(16(25)22-19(24)28)11-20-23-18(27)21-13-5-3-2-4-6-13/h2-11,15H,1H3,(H2,21,23,27)(H,22,25,28)/b20-11-/t15-/m1/s1. The number of carbonyl (C=O) groups is 2. The van der Waals surface area contributed by atoms with Gasteiger partial charge in [-0.25, -0.2) is 0 Å². The third-order valence-electron chi connectivity index (χ3n) is 3.92. The molecule has 142 valence electrons. The van der Waals surface area contributed by atoms with E-state index in [4.69, 9.17) is 24.4 Å². The third-order valence-corrected chi connectivity index (χ3v) is 4.39. The van der Waals surface area contributed by atoms with Crippen molar-refractivity contribution in [1.82, 2.24) is 10.7 Å². The Bertz CT molecular complexity index is 945. The summed E-state index contributed by atoms with van der Waals surface area (Å²) in [6.07, 6.45) is 1.21. The average molecular weight is 412 g/mol. The molecule has 28 heavy (non-hydrogen) atoms. The molecule has 2 aromatic carbocycles. The van der Waals surface area contributed by atoms with Crippen molar-refractivity contribution in [3.8, 4) is 0 Å². The number of hydrogen-bond acceptors (Lipinski definition) is 5. The van der Waals surface area contributed by atoms with Crippen LogP contribution in [-0.2, 0) is 9.59 Å². The Morgan fingerprint density at radius 1 is 1.14 bits per heavy atom. The van der Waals surface area contributed by atoms with Gasteiger partial charge in [-0.1, -0.05) is 35.9 Å². The van der Waals surface area contributed by atoms with Crippen LogP contribution in [0.15, 0.2) is 59.7 Å². The Hall–Kier alpha value is -3.17. The van der Waals surface area contributed by atoms with Crippen molar-refractivity contribution in [3.63, 3.8) is 0 Å². The number of hydrazone groups is 1. The molecule has 0 unspecified atom stereocenters. The molecule has 1 fully saturated rings. The van der Waals surface area contributed by atoms with Crippen LogP contribution in [0, 0.1) is 12.8 Å². The minimum atomic E-state index is -1.12. The van der Waals surface area contributed by atoms with Crippen LogP contribution < -0.4 is 21.0 Å². The molecule has 1 aliphatic rings. The van der Waals surface area contributed by atoms with E-state index in [1.165, 1.54) is 11.1 Å². The maximum absolute atomic E-state index is 12.8. The number of aryl methyl sites for hydroxylation is 1. The molecule has 2 aromatic rings. The number of rotatable bonds is 4. The first-order chi connectivity index (χ1) is 13.5. The lowest BCUT2D eigenvalue weighted by Gasteiger charge is -2.30. The number of nitrogens with zero attached hydrogens (tertiary/aromatic N) is 2. The van der Waals surface area contributed by atoms with Crippen LogP contribution >= 0.6 is 24.4 Å². The molecular formula is C19H17N5O2S2. The number of para-hydroxylation sites is 1. The number of hydrogen-bond donors (Lipinski definition) is 3. The fourth-order valence-electron chi connectivity index (χ4n) is 2.51. The number of amides is 2. The predicted molar refractivity (Wildman–Crippen MR) is 117 cm³/mol. The van der Waals surface area contributed by atoms with Gasteiger partial charge in [-0.15, -0.1) is 0 Å². The molecule has 0 spiro atoms. The lowest BCUT2D eigenvalue weighted by molar-refractivity contribution is -0.130. The van der Waals surface area contributed by atoms with E-state index in [1.807, 2.05) is 49.4 Å². The van der Waals surface area contributed by atoms with Gasteiger partial charge in [0.2, 0.25) is 5.91 Å². The summed E-state index contributed by atoms with van der Waals surface area (Å²) in [4.78, 5) is 26.3. The summed E-state index contributed by atoms with van der Waals surface area (Å²) in [5, 5.41) is 9.67. The molecule has 1 saturated heterocycles. The second-order valence-corrected chi connectivity index (χ2v) is 6.79. The molecule has 2 amide bonds. The fourth-order valence-corrected chi connectivity index (χ4v) is 2.98. The number of benzene rings is 2. The van der Waals surface area contributed by atoms with Crippen LogP contribution in [0.4, 0.5) is 11.4 Å². The van der Waals surface area contributed by atoms with Crippen molar-refractivity contribution >= 4 is 64.1 Å². The maximum atomic E-state index is 12.8. The van der Waals surface area contributed by atoms with E-state index in [1.54, 1.807) is 12.1 Å². The minimum Gasteiger partial charge on any atom is -0.331 e. The Labute approximate surface area is 172 Å². The number of thiocarbonyl (C=S) groups is 2. The van der Waals surface area contributed by atoms with Gasteiger partial charge in [-0.2, -0.15) is 5.10 Å². The van der Waals surface area contributed by atoms with Gasteiger partial charge in [0, 0.05) is 11.9 Å². The third kappa shape index (κ3) is 4.56. The first-order valence-electron chi connectivity index (χ1n) is 8.36. The predicted octanol–water partition coefficient (Wildman–Crippen LogP) is 2.33. The van der Waals surface area contributed by atoms with Gasteiger partial charge >= 0.3 is 0 Å². The van der Waals surface area contributed by atoms with Gasteiger partial charge in [0.15, 0.2) is 16.1 Å². The smallest absolute Gasteiger partial charge is 0.251 e. The molecule has 0 radical (unpaired) electrons. The summed E-state index contributed by atoms with van der Waals surface area (Å²) in [6.45, 7) is 1.94. The molecule has 9 heteroatoms. The monoisotopic (exact) mass is 411 g/mol. The maximum Gasteiger partial charge on any atom is 0.251 e. The molecule has 3 rings (SSSR count). The second kappa shape index (κ2) is 8.68. The van der Waals surface area contributed by atoms with Gasteiger partial charge in [-0.3, -0.25) is 19.9 Å². The number of nitrogens with one attached hydrogen (secondary N) is 3. The van der Waals surface area contributed by atoms with E-state index >= 15 is 0 Å². The molecule has 1 atom stereocenters. The lowest BCUT2D eigenvalue weighted by Crippen LogP contribution is -2.58. The first-order valence-corrected chi connectivity index (χ1v) is 9.18. The summed E-state index contributed by atoms with van der Waals surface area (Å²) < 4.78 is 0. The summed E-state index contributed by atoms with van der Waals surface area (Å²) >= 11 is 10.3. The van der Waals surface area contributed by atoms with Crippen molar-refractivity contribution in [2.75, 3.05) is 10.2 Å². The van der Waals surface area contributed by atoms with Crippen molar-refractivity contribution in [2.24, 2.45) is 11.0 Å². The fraction of sp³-hybridized carbons (Fsp3) is 0.105. The number of carbonyl (C=O) groups excluding carboxylic acids is 2. The van der Waals surface area contributed by atoms with Gasteiger partial charge in [0.1, 0.15) is 0 Å². The van der Waals surface area contributed by atoms with E-state index in [2.05, 4.69) is 21.2 Å². The Balaban J connectivity index is 1.68. The summed E-state index contributed by atoms with van der Waals surface area (Å²) in [5.41, 5.74) is 5.01. The molecule has 1 heterocycles. The highest BCUT2D eigenvalue weighted by molar-refractivity contribution is 7.80.